The molecule has 3 amide bonds. The van der Waals surface area contributed by atoms with Gasteiger partial charge in [0.1, 0.15) is 0 Å². The van der Waals surface area contributed by atoms with Gasteiger partial charge in [-0.25, -0.2) is 0 Å². The van der Waals surface area contributed by atoms with Crippen molar-refractivity contribution >= 4 is 48.2 Å². The van der Waals surface area contributed by atoms with Gasteiger partial charge in [-0.2, -0.15) is 0 Å². The minimum absolute atomic E-state index is 0.166. The number of hydrogen-bond acceptors (Lipinski definition) is 8. The molecule has 204 valence electrons. The maximum absolute atomic E-state index is 12.8. The Balaban J connectivity index is 1.68. The summed E-state index contributed by atoms with van der Waals surface area (Å²) in [5.74, 6) is 2.53. The quantitative estimate of drug-likeness (QED) is 0.139. The van der Waals surface area contributed by atoms with Crippen molar-refractivity contribution in [2.45, 2.75) is 24.6 Å². The van der Waals surface area contributed by atoms with Crippen LogP contribution in [-0.2, 0) is 23.9 Å². The number of cyclic esters (lactones) is 1. The second kappa shape index (κ2) is 12.0. The first-order chi connectivity index (χ1) is 17.8. The van der Waals surface area contributed by atoms with E-state index in [1.807, 2.05) is 0 Å². The van der Waals surface area contributed by atoms with Crippen LogP contribution in [-0.4, -0.2) is 60.5 Å². The third-order valence-corrected chi connectivity index (χ3v) is 10.9. The second-order valence-electron chi connectivity index (χ2n) is 7.62. The number of para-hydroxylation sites is 1. The fraction of sp³-hybridized carbons (Fsp3) is 0.273. The van der Waals surface area contributed by atoms with E-state index in [1.165, 1.54) is 49.5 Å². The van der Waals surface area contributed by atoms with Crippen molar-refractivity contribution in [2.75, 3.05) is 13.6 Å². The number of imide groups is 1. The van der Waals surface area contributed by atoms with Crippen molar-refractivity contribution in [3.05, 3.63) is 73.8 Å². The van der Waals surface area contributed by atoms with E-state index < -0.39 is 59.0 Å². The predicted octanol–water partition coefficient (Wildman–Crippen LogP) is 4.48. The number of benzene rings is 2. The average Bonchev–Trinajstić information content (AvgIpc) is 3.23. The molecule has 0 radical (unpaired) electrons. The topological polar surface area (TPSA) is 136 Å². The zero-order valence-corrected chi connectivity index (χ0v) is 22.4. The number of amides is 3. The molecule has 0 bridgehead atoms. The number of ether oxygens (including phenoxy) is 1. The maximum atomic E-state index is 12.8. The van der Waals surface area contributed by atoms with Gasteiger partial charge >= 0.3 is 207 Å². The number of urea groups is 1. The molecule has 11 nitrogen and oxygen atoms in total. The Morgan fingerprint density at radius 3 is 2.50 bits per heavy atom. The number of carbonyl (C=O) groups is 2. The van der Waals surface area contributed by atoms with E-state index in [0.717, 1.165) is 9.80 Å². The van der Waals surface area contributed by atoms with Crippen molar-refractivity contribution in [3.8, 4) is 9.85 Å². The van der Waals surface area contributed by atoms with Crippen molar-refractivity contribution in [2.24, 2.45) is 0 Å². The molecule has 16 heteroatoms. The summed E-state index contributed by atoms with van der Waals surface area (Å²) in [6, 6.07) is 12.4. The third-order valence-electron chi connectivity index (χ3n) is 4.87. The molecule has 0 aromatic heterocycles. The summed E-state index contributed by atoms with van der Waals surface area (Å²) in [5.41, 5.74) is -5.57. The van der Waals surface area contributed by atoms with Gasteiger partial charge in [0.05, 0.1) is 0 Å². The first kappa shape index (κ1) is 29.1. The van der Waals surface area contributed by atoms with E-state index in [2.05, 4.69) is 12.4 Å². The number of carbonyl (C=O) groups excluding carboxylic acids is 2. The van der Waals surface area contributed by atoms with Crippen molar-refractivity contribution in [3.63, 3.8) is 0 Å². The normalized spacial score (nSPS) is 15.8. The SMILES string of the molecule is CN(Cc1ccccc1[N+](=O)[O-])C(=O)N1C[C@@H](CC#CI(OS(=O)(=O)C(F)(F)F)c2ccccc2)OC1=O. The van der Waals surface area contributed by atoms with Crippen LogP contribution in [0.15, 0.2) is 54.6 Å². The van der Waals surface area contributed by atoms with Gasteiger partial charge in [-0.3, -0.25) is 10.1 Å². The van der Waals surface area contributed by atoms with Crippen molar-refractivity contribution in [1.29, 1.82) is 0 Å². The predicted molar refractivity (Wildman–Crippen MR) is 135 cm³/mol. The summed E-state index contributed by atoms with van der Waals surface area (Å²) in [5, 5.41) is 11.2. The van der Waals surface area contributed by atoms with Crippen LogP contribution in [0.4, 0.5) is 28.4 Å². The van der Waals surface area contributed by atoms with Gasteiger partial charge in [-0.15, -0.1) is 0 Å². The molecule has 0 aliphatic carbocycles. The molecule has 3 rings (SSSR count). The number of rotatable bonds is 7. The molecule has 0 spiro atoms. The number of alkyl halides is 3. The number of nitrogens with zero attached hydrogens (tertiary/aromatic N) is 3. The first-order valence-electron chi connectivity index (χ1n) is 10.5. The van der Waals surface area contributed by atoms with Gasteiger partial charge in [0.25, 0.3) is 0 Å². The number of nitro benzene ring substituents is 1. The van der Waals surface area contributed by atoms with Crippen LogP contribution in [0.1, 0.15) is 12.0 Å². The molecular formula is C22H19F3IN3O8S. The standard InChI is InChI=1S/C22H19F3IN3O8S/c1-27(14-16-8-5-6-12-19(16)29(32)33)20(30)28-15-18(36-21(28)31)11-7-13-26(17-9-3-2-4-10-17)37-38(34,35)22(23,24)25/h2-6,8-10,12,18H,11,14-15H2,1H3/t18-/m1/s1. The fourth-order valence-corrected chi connectivity index (χ4v) is 8.32. The molecule has 2 aromatic rings. The molecule has 0 saturated carbocycles. The summed E-state index contributed by atoms with van der Waals surface area (Å²) >= 11 is -3.66. The van der Waals surface area contributed by atoms with E-state index in [1.54, 1.807) is 12.1 Å². The van der Waals surface area contributed by atoms with E-state index in [9.17, 15) is 41.3 Å². The van der Waals surface area contributed by atoms with E-state index in [4.69, 9.17) is 4.74 Å². The minimum atomic E-state index is -5.89. The van der Waals surface area contributed by atoms with Gasteiger partial charge in [-0.1, -0.05) is 6.07 Å². The Labute approximate surface area is 222 Å². The molecule has 1 aliphatic heterocycles. The van der Waals surface area contributed by atoms with Crippen LogP contribution < -0.4 is 0 Å². The molecule has 0 unspecified atom stereocenters. The number of nitro groups is 1. The zero-order valence-electron chi connectivity index (χ0n) is 19.4. The van der Waals surface area contributed by atoms with E-state index in [-0.39, 0.29) is 34.3 Å². The van der Waals surface area contributed by atoms with Gasteiger partial charge in [-0.05, 0) is 0 Å². The Morgan fingerprint density at radius 1 is 1.24 bits per heavy atom. The summed E-state index contributed by atoms with van der Waals surface area (Å²) in [7, 11) is -4.54. The first-order valence-corrected chi connectivity index (χ1v) is 14.9. The number of halogens is 4. The van der Waals surface area contributed by atoms with Gasteiger partial charge in [0.15, 0.2) is 0 Å². The molecular weight excluding hydrogens is 650 g/mol. The van der Waals surface area contributed by atoms with Crippen molar-refractivity contribution < 1.29 is 43.4 Å². The Hall–Kier alpha value is -3.43. The summed E-state index contributed by atoms with van der Waals surface area (Å²) in [4.78, 5) is 37.5. The molecule has 1 saturated heterocycles. The van der Waals surface area contributed by atoms with Gasteiger partial charge in [0.2, 0.25) is 0 Å². The number of hydrogen-bond donors (Lipinski definition) is 0. The molecule has 0 N–H and O–H groups in total. The fourth-order valence-electron chi connectivity index (χ4n) is 3.10. The van der Waals surface area contributed by atoms with Crippen molar-refractivity contribution in [1.82, 2.24) is 9.80 Å². The Bertz CT molecular complexity index is 1380. The van der Waals surface area contributed by atoms with Crippen LogP contribution in [0.5, 0.6) is 0 Å². The van der Waals surface area contributed by atoms with Crippen LogP contribution in [0, 0.1) is 23.5 Å². The molecule has 2 aromatic carbocycles. The molecule has 1 atom stereocenters. The Morgan fingerprint density at radius 2 is 1.87 bits per heavy atom. The summed E-state index contributed by atoms with van der Waals surface area (Å²) in [6.07, 6.45) is -2.14. The molecule has 1 aliphatic rings. The van der Waals surface area contributed by atoms with E-state index in [0.29, 0.717) is 0 Å². The zero-order chi connectivity index (χ0) is 28.1. The monoisotopic (exact) mass is 669 g/mol. The van der Waals surface area contributed by atoms with Gasteiger partial charge in [0, 0.05) is 0 Å². The molecule has 38 heavy (non-hydrogen) atoms. The van der Waals surface area contributed by atoms with Gasteiger partial charge < -0.3 is 0 Å². The Kier molecular flexibility index (Phi) is 9.17. The third kappa shape index (κ3) is 7.11. The molecule has 1 heterocycles. The van der Waals surface area contributed by atoms with Crippen LogP contribution in [0.3, 0.4) is 0 Å². The second-order valence-corrected chi connectivity index (χ2v) is 13.4. The van der Waals surface area contributed by atoms with Crippen LogP contribution in [0.2, 0.25) is 0 Å². The van der Waals surface area contributed by atoms with Crippen LogP contribution >= 0.6 is 20.2 Å². The summed E-state index contributed by atoms with van der Waals surface area (Å²) in [6.45, 7) is -0.408. The average molecular weight is 669 g/mol. The van der Waals surface area contributed by atoms with E-state index >= 15 is 0 Å². The summed E-state index contributed by atoms with van der Waals surface area (Å²) < 4.78 is 73.8. The van der Waals surface area contributed by atoms with Crippen LogP contribution in [0.25, 0.3) is 0 Å². The molecule has 1 fully saturated rings.